The Kier molecular flexibility index (Phi) is 4.49. The van der Waals surface area contributed by atoms with E-state index in [-0.39, 0.29) is 11.4 Å². The van der Waals surface area contributed by atoms with Crippen molar-refractivity contribution in [1.82, 2.24) is 9.71 Å². The van der Waals surface area contributed by atoms with E-state index in [9.17, 15) is 8.42 Å². The number of nitrogens with one attached hydrogen (secondary N) is 1. The Morgan fingerprint density at radius 1 is 1.30 bits per heavy atom. The van der Waals surface area contributed by atoms with Crippen LogP contribution < -0.4 is 4.72 Å². The molecule has 2 rings (SSSR count). The highest BCUT2D eigenvalue weighted by atomic mass is 35.5. The van der Waals surface area contributed by atoms with Gasteiger partial charge < -0.3 is 0 Å². The standard InChI is InChI=1S/C13H15ClN2O2S2/c1-8-11(14)5-4-6-13(8)20(17,18)15-7-12-9(2)16-10(3)19-12/h4-6,15H,7H2,1-3H3. The monoisotopic (exact) mass is 330 g/mol. The van der Waals surface area contributed by atoms with Crippen molar-refractivity contribution in [3.63, 3.8) is 0 Å². The molecule has 0 bridgehead atoms. The first-order chi connectivity index (χ1) is 9.31. The quantitative estimate of drug-likeness (QED) is 0.936. The molecule has 2 aromatic rings. The van der Waals surface area contributed by atoms with Crippen molar-refractivity contribution in [1.29, 1.82) is 0 Å². The Hall–Kier alpha value is -0.950. The molecular weight excluding hydrogens is 316 g/mol. The van der Waals surface area contributed by atoms with Gasteiger partial charge in [0.05, 0.1) is 15.6 Å². The fourth-order valence-corrected chi connectivity index (χ4v) is 4.31. The van der Waals surface area contributed by atoms with Crippen molar-refractivity contribution in [3.05, 3.63) is 44.4 Å². The summed E-state index contributed by atoms with van der Waals surface area (Å²) < 4.78 is 27.2. The van der Waals surface area contributed by atoms with E-state index in [1.165, 1.54) is 11.3 Å². The van der Waals surface area contributed by atoms with E-state index < -0.39 is 10.0 Å². The average Bonchev–Trinajstić information content (AvgIpc) is 2.69. The maximum absolute atomic E-state index is 12.3. The Balaban J connectivity index is 2.24. The summed E-state index contributed by atoms with van der Waals surface area (Å²) in [5.74, 6) is 0. The second-order valence-electron chi connectivity index (χ2n) is 4.43. The van der Waals surface area contributed by atoms with Crippen LogP contribution in [0.15, 0.2) is 23.1 Å². The van der Waals surface area contributed by atoms with E-state index >= 15 is 0 Å². The van der Waals surface area contributed by atoms with E-state index in [0.29, 0.717) is 10.6 Å². The summed E-state index contributed by atoms with van der Waals surface area (Å²) in [5, 5.41) is 1.37. The molecule has 0 amide bonds. The molecule has 0 fully saturated rings. The van der Waals surface area contributed by atoms with E-state index in [0.717, 1.165) is 15.6 Å². The molecule has 1 heterocycles. The minimum Gasteiger partial charge on any atom is -0.247 e. The first-order valence-corrected chi connectivity index (χ1v) is 8.66. The van der Waals surface area contributed by atoms with Gasteiger partial charge in [-0.15, -0.1) is 11.3 Å². The van der Waals surface area contributed by atoms with Crippen LogP contribution in [0.5, 0.6) is 0 Å². The number of hydrogen-bond donors (Lipinski definition) is 1. The molecule has 0 spiro atoms. The normalized spacial score (nSPS) is 11.8. The molecule has 1 aromatic heterocycles. The highest BCUT2D eigenvalue weighted by molar-refractivity contribution is 7.89. The zero-order chi connectivity index (χ0) is 14.9. The molecule has 0 saturated heterocycles. The third-order valence-electron chi connectivity index (χ3n) is 2.93. The molecule has 0 unspecified atom stereocenters. The lowest BCUT2D eigenvalue weighted by molar-refractivity contribution is 0.581. The van der Waals surface area contributed by atoms with Gasteiger partial charge in [-0.05, 0) is 38.5 Å². The van der Waals surface area contributed by atoms with Crippen molar-refractivity contribution in [3.8, 4) is 0 Å². The van der Waals surface area contributed by atoms with Crippen LogP contribution in [-0.4, -0.2) is 13.4 Å². The number of thiazole rings is 1. The molecule has 0 aliphatic carbocycles. The van der Waals surface area contributed by atoms with Gasteiger partial charge in [0.1, 0.15) is 0 Å². The second-order valence-corrected chi connectivity index (χ2v) is 7.86. The van der Waals surface area contributed by atoms with E-state index in [2.05, 4.69) is 9.71 Å². The zero-order valence-electron chi connectivity index (χ0n) is 11.4. The van der Waals surface area contributed by atoms with Crippen LogP contribution in [0.1, 0.15) is 21.1 Å². The fourth-order valence-electron chi connectivity index (χ4n) is 1.85. The Bertz CT molecular complexity index is 739. The molecule has 0 aliphatic heterocycles. The van der Waals surface area contributed by atoms with Crippen LogP contribution in [0.2, 0.25) is 5.02 Å². The van der Waals surface area contributed by atoms with Crippen molar-refractivity contribution in [2.45, 2.75) is 32.2 Å². The molecule has 1 aromatic carbocycles. The average molecular weight is 331 g/mol. The van der Waals surface area contributed by atoms with E-state index in [1.807, 2.05) is 13.8 Å². The molecule has 0 radical (unpaired) electrons. The minimum absolute atomic E-state index is 0.212. The van der Waals surface area contributed by atoms with Gasteiger partial charge in [-0.2, -0.15) is 0 Å². The summed E-state index contributed by atoms with van der Waals surface area (Å²) in [4.78, 5) is 5.41. The van der Waals surface area contributed by atoms with Gasteiger partial charge in [0.15, 0.2) is 0 Å². The van der Waals surface area contributed by atoms with Crippen molar-refractivity contribution >= 4 is 33.0 Å². The van der Waals surface area contributed by atoms with E-state index in [4.69, 9.17) is 11.6 Å². The lowest BCUT2D eigenvalue weighted by atomic mass is 10.2. The summed E-state index contributed by atoms with van der Waals surface area (Å²) in [5.41, 5.74) is 1.41. The minimum atomic E-state index is -3.57. The van der Waals surface area contributed by atoms with Crippen LogP contribution in [0.4, 0.5) is 0 Å². The number of nitrogens with zero attached hydrogens (tertiary/aromatic N) is 1. The van der Waals surface area contributed by atoms with Crippen molar-refractivity contribution in [2.75, 3.05) is 0 Å². The second kappa shape index (κ2) is 5.81. The first-order valence-electron chi connectivity index (χ1n) is 5.99. The molecule has 20 heavy (non-hydrogen) atoms. The summed E-state index contributed by atoms with van der Waals surface area (Å²) in [7, 11) is -3.57. The van der Waals surface area contributed by atoms with E-state index in [1.54, 1.807) is 25.1 Å². The molecule has 7 heteroatoms. The number of benzene rings is 1. The van der Waals surface area contributed by atoms with Gasteiger partial charge in [-0.1, -0.05) is 17.7 Å². The molecule has 0 saturated carbocycles. The van der Waals surface area contributed by atoms with Gasteiger partial charge in [-0.25, -0.2) is 18.1 Å². The third-order valence-corrected chi connectivity index (χ3v) is 5.96. The molecule has 4 nitrogen and oxygen atoms in total. The Morgan fingerprint density at radius 3 is 2.60 bits per heavy atom. The zero-order valence-corrected chi connectivity index (χ0v) is 13.8. The lowest BCUT2D eigenvalue weighted by Gasteiger charge is -2.09. The predicted octanol–water partition coefficient (Wildman–Crippen LogP) is 3.20. The van der Waals surface area contributed by atoms with Crippen LogP contribution in [0.25, 0.3) is 0 Å². The van der Waals surface area contributed by atoms with Gasteiger partial charge >= 0.3 is 0 Å². The third kappa shape index (κ3) is 3.20. The number of aromatic nitrogens is 1. The number of hydrogen-bond acceptors (Lipinski definition) is 4. The van der Waals surface area contributed by atoms with Gasteiger partial charge in [0.25, 0.3) is 0 Å². The van der Waals surface area contributed by atoms with Gasteiger partial charge in [-0.3, -0.25) is 0 Å². The number of halogens is 1. The summed E-state index contributed by atoms with van der Waals surface area (Å²) >= 11 is 7.46. The molecule has 108 valence electrons. The summed E-state index contributed by atoms with van der Waals surface area (Å²) in [6.45, 7) is 5.71. The lowest BCUT2D eigenvalue weighted by Crippen LogP contribution is -2.24. The van der Waals surface area contributed by atoms with Crippen LogP contribution in [-0.2, 0) is 16.6 Å². The molecule has 0 aliphatic rings. The SMILES string of the molecule is Cc1nc(C)c(CNS(=O)(=O)c2cccc(Cl)c2C)s1. The summed E-state index contributed by atoms with van der Waals surface area (Å²) in [6.07, 6.45) is 0. The summed E-state index contributed by atoms with van der Waals surface area (Å²) in [6, 6.07) is 4.85. The largest absolute Gasteiger partial charge is 0.247 e. The Labute approximate surface area is 127 Å². The maximum atomic E-state index is 12.3. The number of rotatable bonds is 4. The topological polar surface area (TPSA) is 59.1 Å². The van der Waals surface area contributed by atoms with Gasteiger partial charge in [0.2, 0.25) is 10.0 Å². The first kappa shape index (κ1) is 15.4. The van der Waals surface area contributed by atoms with Crippen LogP contribution in [0.3, 0.4) is 0 Å². The van der Waals surface area contributed by atoms with Crippen LogP contribution in [0, 0.1) is 20.8 Å². The van der Waals surface area contributed by atoms with Crippen molar-refractivity contribution in [2.24, 2.45) is 0 Å². The fraction of sp³-hybridized carbons (Fsp3) is 0.308. The predicted molar refractivity (Wildman–Crippen MR) is 81.8 cm³/mol. The highest BCUT2D eigenvalue weighted by Crippen LogP contribution is 2.23. The molecule has 1 N–H and O–H groups in total. The van der Waals surface area contributed by atoms with Gasteiger partial charge in [0, 0.05) is 16.4 Å². The molecule has 0 atom stereocenters. The Morgan fingerprint density at radius 2 is 2.00 bits per heavy atom. The number of sulfonamides is 1. The maximum Gasteiger partial charge on any atom is 0.241 e. The highest BCUT2D eigenvalue weighted by Gasteiger charge is 2.18. The molecular formula is C13H15ClN2O2S2. The van der Waals surface area contributed by atoms with Crippen molar-refractivity contribution < 1.29 is 8.42 Å². The smallest absolute Gasteiger partial charge is 0.241 e. The number of aryl methyl sites for hydroxylation is 2. The van der Waals surface area contributed by atoms with Crippen LogP contribution >= 0.6 is 22.9 Å².